The molecule has 2 N–H and O–H groups in total. The maximum absolute atomic E-state index is 6.40. The van der Waals surface area contributed by atoms with Crippen molar-refractivity contribution in [3.8, 4) is 0 Å². The van der Waals surface area contributed by atoms with E-state index in [2.05, 4.69) is 65.9 Å². The predicted molar refractivity (Wildman–Crippen MR) is 87.2 cm³/mol. The van der Waals surface area contributed by atoms with Crippen molar-refractivity contribution in [2.45, 2.75) is 32.4 Å². The maximum Gasteiger partial charge on any atom is 0.111 e. The number of nitrogens with two attached hydrogens (primary N) is 1. The van der Waals surface area contributed by atoms with E-state index in [4.69, 9.17) is 5.73 Å². The molecule has 0 saturated heterocycles. The van der Waals surface area contributed by atoms with E-state index in [-0.39, 0.29) is 6.04 Å². The molecule has 3 nitrogen and oxygen atoms in total. The van der Waals surface area contributed by atoms with Crippen LogP contribution in [0.2, 0.25) is 0 Å². The number of aromatic nitrogens is 2. The van der Waals surface area contributed by atoms with Crippen LogP contribution in [0.15, 0.2) is 54.9 Å². The summed E-state index contributed by atoms with van der Waals surface area (Å²) in [5, 5.41) is 2.49. The molecule has 108 valence electrons. The SMILES string of the molecule is CC(C)c1nccn1CC(N)c1ccc2ccccc2c1. The van der Waals surface area contributed by atoms with Crippen molar-refractivity contribution < 1.29 is 0 Å². The monoisotopic (exact) mass is 279 g/mol. The van der Waals surface area contributed by atoms with Gasteiger partial charge in [0, 0.05) is 30.9 Å². The van der Waals surface area contributed by atoms with Crippen molar-refractivity contribution in [1.29, 1.82) is 0 Å². The standard InChI is InChI=1S/C18H21N3/c1-13(2)18-20-9-10-21(18)12-17(19)16-8-7-14-5-3-4-6-15(14)11-16/h3-11,13,17H,12,19H2,1-2H3. The first-order chi connectivity index (χ1) is 10.1. The number of hydrogen-bond acceptors (Lipinski definition) is 2. The minimum atomic E-state index is -0.0266. The quantitative estimate of drug-likeness (QED) is 0.788. The van der Waals surface area contributed by atoms with Crippen LogP contribution in [0.5, 0.6) is 0 Å². The van der Waals surface area contributed by atoms with Crippen molar-refractivity contribution in [1.82, 2.24) is 9.55 Å². The van der Waals surface area contributed by atoms with Gasteiger partial charge in [0.2, 0.25) is 0 Å². The zero-order valence-corrected chi connectivity index (χ0v) is 12.5. The highest BCUT2D eigenvalue weighted by Gasteiger charge is 2.12. The lowest BCUT2D eigenvalue weighted by Gasteiger charge is -2.17. The van der Waals surface area contributed by atoms with Crippen LogP contribution in [0, 0.1) is 0 Å². The summed E-state index contributed by atoms with van der Waals surface area (Å²) in [6.07, 6.45) is 3.86. The Morgan fingerprint density at radius 2 is 1.86 bits per heavy atom. The van der Waals surface area contributed by atoms with E-state index < -0.39 is 0 Å². The number of rotatable bonds is 4. The lowest BCUT2D eigenvalue weighted by atomic mass is 10.0. The average molecular weight is 279 g/mol. The fourth-order valence-electron chi connectivity index (χ4n) is 2.73. The molecule has 0 fully saturated rings. The predicted octanol–water partition coefficient (Wildman–Crippen LogP) is 3.86. The van der Waals surface area contributed by atoms with Gasteiger partial charge in [-0.3, -0.25) is 0 Å². The van der Waals surface area contributed by atoms with E-state index >= 15 is 0 Å². The molecule has 0 spiro atoms. The van der Waals surface area contributed by atoms with Crippen molar-refractivity contribution >= 4 is 10.8 Å². The Morgan fingerprint density at radius 3 is 2.62 bits per heavy atom. The molecule has 1 unspecified atom stereocenters. The summed E-state index contributed by atoms with van der Waals surface area (Å²) in [4.78, 5) is 4.42. The Labute approximate surface area is 125 Å². The first-order valence-corrected chi connectivity index (χ1v) is 7.40. The second-order valence-electron chi connectivity index (χ2n) is 5.81. The molecule has 1 atom stereocenters. The van der Waals surface area contributed by atoms with E-state index in [0.29, 0.717) is 5.92 Å². The van der Waals surface area contributed by atoms with E-state index in [9.17, 15) is 0 Å². The second kappa shape index (κ2) is 5.70. The Bertz CT molecular complexity index is 743. The van der Waals surface area contributed by atoms with Crippen LogP contribution in [-0.2, 0) is 6.54 Å². The van der Waals surface area contributed by atoms with E-state index in [1.54, 1.807) is 0 Å². The summed E-state index contributed by atoms with van der Waals surface area (Å²) in [7, 11) is 0. The Balaban J connectivity index is 1.86. The van der Waals surface area contributed by atoms with Gasteiger partial charge in [0.1, 0.15) is 5.82 Å². The van der Waals surface area contributed by atoms with Crippen LogP contribution < -0.4 is 5.73 Å². The van der Waals surface area contributed by atoms with Gasteiger partial charge in [-0.15, -0.1) is 0 Å². The van der Waals surface area contributed by atoms with Crippen LogP contribution in [-0.4, -0.2) is 9.55 Å². The minimum Gasteiger partial charge on any atom is -0.333 e. The molecule has 0 aliphatic carbocycles. The first-order valence-electron chi connectivity index (χ1n) is 7.40. The minimum absolute atomic E-state index is 0.0266. The fraction of sp³-hybridized carbons (Fsp3) is 0.278. The van der Waals surface area contributed by atoms with Crippen LogP contribution >= 0.6 is 0 Å². The van der Waals surface area contributed by atoms with Gasteiger partial charge < -0.3 is 10.3 Å². The smallest absolute Gasteiger partial charge is 0.111 e. The molecule has 3 aromatic rings. The van der Waals surface area contributed by atoms with Gasteiger partial charge in [-0.25, -0.2) is 4.98 Å². The van der Waals surface area contributed by atoms with E-state index in [0.717, 1.165) is 17.9 Å². The lowest BCUT2D eigenvalue weighted by Crippen LogP contribution is -2.19. The molecule has 0 aliphatic heterocycles. The number of nitrogens with zero attached hydrogens (tertiary/aromatic N) is 2. The fourth-order valence-corrected chi connectivity index (χ4v) is 2.73. The summed E-state index contributed by atoms with van der Waals surface area (Å²) >= 11 is 0. The third-order valence-electron chi connectivity index (χ3n) is 3.86. The van der Waals surface area contributed by atoms with Gasteiger partial charge in [0.15, 0.2) is 0 Å². The van der Waals surface area contributed by atoms with Gasteiger partial charge in [-0.2, -0.15) is 0 Å². The van der Waals surface area contributed by atoms with Crippen LogP contribution in [0.1, 0.15) is 37.2 Å². The number of imidazole rings is 1. The molecule has 0 amide bonds. The van der Waals surface area contributed by atoms with Crippen LogP contribution in [0.4, 0.5) is 0 Å². The lowest BCUT2D eigenvalue weighted by molar-refractivity contribution is 0.542. The van der Waals surface area contributed by atoms with Gasteiger partial charge >= 0.3 is 0 Å². The molecule has 0 aliphatic rings. The molecule has 3 rings (SSSR count). The summed E-state index contributed by atoms with van der Waals surface area (Å²) in [6.45, 7) is 5.06. The highest BCUT2D eigenvalue weighted by molar-refractivity contribution is 5.83. The van der Waals surface area contributed by atoms with Gasteiger partial charge in [-0.05, 0) is 22.4 Å². The largest absolute Gasteiger partial charge is 0.333 e. The second-order valence-corrected chi connectivity index (χ2v) is 5.81. The van der Waals surface area contributed by atoms with Crippen LogP contribution in [0.25, 0.3) is 10.8 Å². The summed E-state index contributed by atoms with van der Waals surface area (Å²) < 4.78 is 2.16. The number of fused-ring (bicyclic) bond motifs is 1. The Morgan fingerprint density at radius 1 is 1.10 bits per heavy atom. The maximum atomic E-state index is 6.40. The number of benzene rings is 2. The molecule has 1 heterocycles. The zero-order chi connectivity index (χ0) is 14.8. The molecular weight excluding hydrogens is 258 g/mol. The Kier molecular flexibility index (Phi) is 3.76. The molecule has 0 saturated carbocycles. The first kappa shape index (κ1) is 13.8. The van der Waals surface area contributed by atoms with Gasteiger partial charge in [-0.1, -0.05) is 50.2 Å². The average Bonchev–Trinajstić information content (AvgIpc) is 2.95. The van der Waals surface area contributed by atoms with Crippen molar-refractivity contribution in [2.75, 3.05) is 0 Å². The third kappa shape index (κ3) is 2.83. The zero-order valence-electron chi connectivity index (χ0n) is 12.5. The van der Waals surface area contributed by atoms with Gasteiger partial charge in [0.25, 0.3) is 0 Å². The number of hydrogen-bond donors (Lipinski definition) is 1. The molecule has 0 radical (unpaired) electrons. The third-order valence-corrected chi connectivity index (χ3v) is 3.86. The summed E-state index contributed by atoms with van der Waals surface area (Å²) in [5.41, 5.74) is 7.56. The van der Waals surface area contributed by atoms with Crippen molar-refractivity contribution in [3.63, 3.8) is 0 Å². The summed E-state index contributed by atoms with van der Waals surface area (Å²) in [5.74, 6) is 1.50. The summed E-state index contributed by atoms with van der Waals surface area (Å²) in [6, 6.07) is 14.8. The molecular formula is C18H21N3. The van der Waals surface area contributed by atoms with E-state index in [1.807, 2.05) is 12.4 Å². The Hall–Kier alpha value is -2.13. The highest BCUT2D eigenvalue weighted by atomic mass is 15.1. The van der Waals surface area contributed by atoms with Crippen LogP contribution in [0.3, 0.4) is 0 Å². The highest BCUT2D eigenvalue weighted by Crippen LogP contribution is 2.21. The molecule has 2 aromatic carbocycles. The van der Waals surface area contributed by atoms with Crippen molar-refractivity contribution in [2.24, 2.45) is 5.73 Å². The van der Waals surface area contributed by atoms with Crippen molar-refractivity contribution in [3.05, 3.63) is 66.2 Å². The van der Waals surface area contributed by atoms with Gasteiger partial charge in [0.05, 0.1) is 0 Å². The molecule has 0 bridgehead atoms. The topological polar surface area (TPSA) is 43.8 Å². The molecule has 1 aromatic heterocycles. The molecule has 21 heavy (non-hydrogen) atoms. The molecule has 3 heteroatoms. The normalized spacial score (nSPS) is 13.0. The van der Waals surface area contributed by atoms with E-state index in [1.165, 1.54) is 10.8 Å².